The quantitative estimate of drug-likeness (QED) is 0.536. The van der Waals surface area contributed by atoms with E-state index in [0.717, 1.165) is 5.69 Å². The largest absolute Gasteiger partial charge is 0.388 e. The average Bonchev–Trinajstić information content (AvgIpc) is 3.28. The number of aryl methyl sites for hydroxylation is 1. The Kier molecular flexibility index (Phi) is 6.01. The number of hydrogen-bond donors (Lipinski definition) is 2. The maximum absolute atomic E-state index is 12.5. The lowest BCUT2D eigenvalue weighted by molar-refractivity contribution is 0.146. The van der Waals surface area contributed by atoms with E-state index in [1.165, 1.54) is 5.56 Å². The fourth-order valence-electron chi connectivity index (χ4n) is 2.20. The van der Waals surface area contributed by atoms with Crippen LogP contribution in [0.4, 0.5) is 5.69 Å². The molecule has 1 aromatic rings. The van der Waals surface area contributed by atoms with Gasteiger partial charge in [0.1, 0.15) is 12.2 Å². The van der Waals surface area contributed by atoms with E-state index in [-0.39, 0.29) is 13.2 Å². The minimum Gasteiger partial charge on any atom is -0.388 e. The second-order valence-electron chi connectivity index (χ2n) is 5.18. The topological polar surface area (TPSA) is 80.3 Å². The molecular weight excluding hydrogens is 305 g/mol. The molecule has 3 atom stereocenters. The first-order valence-corrected chi connectivity index (χ1v) is 9.14. The van der Waals surface area contributed by atoms with Crippen LogP contribution in [0.3, 0.4) is 0 Å². The van der Waals surface area contributed by atoms with Crippen molar-refractivity contribution in [1.29, 1.82) is 0 Å². The summed E-state index contributed by atoms with van der Waals surface area (Å²) in [4.78, 5) is 0. The standard InChI is InChI=1S/C15H24NO5P/c1-4-19-22(18,20-5-2)15-14(21-15)13(17)10-16-12-8-6-11(3)7-9-12/h6-9,13-17H,4-5,10H2,1-3H3/t13-,14-,15-/m1/s1. The van der Waals surface area contributed by atoms with Gasteiger partial charge in [-0.2, -0.15) is 0 Å². The normalized spacial score (nSPS) is 22.4. The van der Waals surface area contributed by atoms with Crippen molar-refractivity contribution >= 4 is 13.3 Å². The van der Waals surface area contributed by atoms with Gasteiger partial charge in [0.05, 0.1) is 13.2 Å². The molecule has 0 aliphatic carbocycles. The van der Waals surface area contributed by atoms with E-state index in [9.17, 15) is 9.67 Å². The number of ether oxygens (including phenoxy) is 1. The van der Waals surface area contributed by atoms with Crippen LogP contribution < -0.4 is 5.32 Å². The highest BCUT2D eigenvalue weighted by atomic mass is 31.2. The molecule has 1 saturated heterocycles. The Hall–Kier alpha value is -0.910. The summed E-state index contributed by atoms with van der Waals surface area (Å²) in [6.45, 7) is 6.38. The second kappa shape index (κ2) is 7.57. The van der Waals surface area contributed by atoms with Crippen LogP contribution in [0.25, 0.3) is 0 Å². The molecule has 0 spiro atoms. The molecule has 0 radical (unpaired) electrons. The Bertz CT molecular complexity index is 511. The third-order valence-electron chi connectivity index (χ3n) is 3.38. The number of epoxide rings is 1. The highest BCUT2D eigenvalue weighted by Gasteiger charge is 2.57. The van der Waals surface area contributed by atoms with E-state index in [2.05, 4.69) is 5.32 Å². The van der Waals surface area contributed by atoms with Crippen molar-refractivity contribution in [1.82, 2.24) is 0 Å². The monoisotopic (exact) mass is 329 g/mol. The number of nitrogens with one attached hydrogen (secondary N) is 1. The number of benzene rings is 1. The minimum atomic E-state index is -3.30. The lowest BCUT2D eigenvalue weighted by Crippen LogP contribution is -2.26. The third kappa shape index (κ3) is 4.31. The van der Waals surface area contributed by atoms with Gasteiger partial charge >= 0.3 is 7.60 Å². The summed E-state index contributed by atoms with van der Waals surface area (Å²) in [5, 5.41) is 13.3. The molecule has 0 aromatic heterocycles. The fourth-order valence-corrected chi connectivity index (χ4v) is 4.14. The minimum absolute atomic E-state index is 0.279. The summed E-state index contributed by atoms with van der Waals surface area (Å²) < 4.78 is 28.3. The molecule has 0 saturated carbocycles. The van der Waals surface area contributed by atoms with Crippen LogP contribution in [0, 0.1) is 6.92 Å². The zero-order valence-electron chi connectivity index (χ0n) is 13.2. The van der Waals surface area contributed by atoms with Crippen LogP contribution in [0.1, 0.15) is 19.4 Å². The van der Waals surface area contributed by atoms with Crippen LogP contribution in [0.2, 0.25) is 0 Å². The van der Waals surface area contributed by atoms with Gasteiger partial charge in [-0.05, 0) is 32.9 Å². The van der Waals surface area contributed by atoms with Gasteiger partial charge in [-0.1, -0.05) is 17.7 Å². The molecule has 0 amide bonds. The number of rotatable bonds is 9. The van der Waals surface area contributed by atoms with Gasteiger partial charge in [0.25, 0.3) is 0 Å². The smallest absolute Gasteiger partial charge is 0.361 e. The molecule has 1 aromatic carbocycles. The number of aliphatic hydroxyl groups is 1. The maximum atomic E-state index is 12.5. The Balaban J connectivity index is 1.85. The first-order chi connectivity index (χ1) is 10.5. The Morgan fingerprint density at radius 1 is 1.27 bits per heavy atom. The zero-order chi connectivity index (χ0) is 16.2. The van der Waals surface area contributed by atoms with Crippen LogP contribution in [0.15, 0.2) is 24.3 Å². The summed E-state index contributed by atoms with van der Waals surface area (Å²) >= 11 is 0. The molecule has 2 N–H and O–H groups in total. The summed E-state index contributed by atoms with van der Waals surface area (Å²) in [6.07, 6.45) is -1.30. The van der Waals surface area contributed by atoms with Gasteiger partial charge in [-0.15, -0.1) is 0 Å². The van der Waals surface area contributed by atoms with Gasteiger partial charge in [-0.25, -0.2) is 0 Å². The average molecular weight is 329 g/mol. The highest BCUT2D eigenvalue weighted by molar-refractivity contribution is 7.54. The van der Waals surface area contributed by atoms with Crippen molar-refractivity contribution in [3.05, 3.63) is 29.8 Å². The Morgan fingerprint density at radius 3 is 2.41 bits per heavy atom. The van der Waals surface area contributed by atoms with Crippen LogP contribution in [0.5, 0.6) is 0 Å². The van der Waals surface area contributed by atoms with Crippen molar-refractivity contribution in [2.75, 3.05) is 25.1 Å². The molecule has 0 bridgehead atoms. The lowest BCUT2D eigenvalue weighted by atomic mass is 10.2. The molecule has 1 aliphatic rings. The molecular formula is C15H24NO5P. The van der Waals surface area contributed by atoms with Crippen molar-refractivity contribution in [3.8, 4) is 0 Å². The predicted octanol–water partition coefficient (Wildman–Crippen LogP) is 2.76. The van der Waals surface area contributed by atoms with E-state index < -0.39 is 25.6 Å². The summed E-state index contributed by atoms with van der Waals surface area (Å²) in [5.74, 6) is -0.679. The van der Waals surface area contributed by atoms with E-state index in [1.54, 1.807) is 13.8 Å². The number of anilines is 1. The van der Waals surface area contributed by atoms with Crippen LogP contribution in [-0.4, -0.2) is 42.9 Å². The van der Waals surface area contributed by atoms with Gasteiger partial charge < -0.3 is 24.2 Å². The Labute approximate surface area is 131 Å². The highest BCUT2D eigenvalue weighted by Crippen LogP contribution is 2.61. The first-order valence-electron chi connectivity index (χ1n) is 7.53. The fraction of sp³-hybridized carbons (Fsp3) is 0.600. The molecule has 22 heavy (non-hydrogen) atoms. The van der Waals surface area contributed by atoms with E-state index in [1.807, 2.05) is 31.2 Å². The number of aliphatic hydroxyl groups excluding tert-OH is 1. The first kappa shape index (κ1) is 17.4. The third-order valence-corrected chi connectivity index (χ3v) is 5.65. The maximum Gasteiger partial charge on any atom is 0.361 e. The van der Waals surface area contributed by atoms with Crippen molar-refractivity contribution in [3.63, 3.8) is 0 Å². The molecule has 2 rings (SSSR count). The SMILES string of the molecule is CCOP(=O)(OCC)[C@H]1O[C@@H]1[C@H](O)CNc1ccc(C)cc1. The van der Waals surface area contributed by atoms with Gasteiger partial charge in [0.2, 0.25) is 0 Å². The van der Waals surface area contributed by atoms with Crippen molar-refractivity contribution in [2.45, 2.75) is 38.8 Å². The van der Waals surface area contributed by atoms with Crippen molar-refractivity contribution in [2.24, 2.45) is 0 Å². The molecule has 0 unspecified atom stereocenters. The predicted molar refractivity (Wildman–Crippen MR) is 85.2 cm³/mol. The zero-order valence-corrected chi connectivity index (χ0v) is 14.1. The van der Waals surface area contributed by atoms with Gasteiger partial charge in [0, 0.05) is 12.2 Å². The summed E-state index contributed by atoms with van der Waals surface area (Å²) in [5.41, 5.74) is 2.09. The molecule has 1 heterocycles. The van der Waals surface area contributed by atoms with E-state index in [4.69, 9.17) is 13.8 Å². The summed E-state index contributed by atoms with van der Waals surface area (Å²) in [6, 6.07) is 7.87. The number of hydrogen-bond acceptors (Lipinski definition) is 6. The molecule has 6 nitrogen and oxygen atoms in total. The molecule has 7 heteroatoms. The van der Waals surface area contributed by atoms with Crippen LogP contribution in [-0.2, 0) is 18.3 Å². The van der Waals surface area contributed by atoms with E-state index >= 15 is 0 Å². The summed E-state index contributed by atoms with van der Waals surface area (Å²) in [7, 11) is -3.30. The molecule has 124 valence electrons. The Morgan fingerprint density at radius 2 is 1.86 bits per heavy atom. The van der Waals surface area contributed by atoms with Gasteiger partial charge in [-0.3, -0.25) is 4.57 Å². The van der Waals surface area contributed by atoms with Crippen LogP contribution >= 0.6 is 7.60 Å². The molecule has 1 aliphatic heterocycles. The van der Waals surface area contributed by atoms with Crippen molar-refractivity contribution < 1.29 is 23.5 Å². The second-order valence-corrected chi connectivity index (χ2v) is 7.29. The van der Waals surface area contributed by atoms with E-state index in [0.29, 0.717) is 6.54 Å². The lowest BCUT2D eigenvalue weighted by Gasteiger charge is -2.16. The van der Waals surface area contributed by atoms with Gasteiger partial charge in [0.15, 0.2) is 5.85 Å². The molecule has 1 fully saturated rings.